The lowest BCUT2D eigenvalue weighted by molar-refractivity contribution is -0.117. The Morgan fingerprint density at radius 1 is 1.00 bits per heavy atom. The molecule has 3 rings (SSSR count). The first-order chi connectivity index (χ1) is 12.9. The molecule has 0 atom stereocenters. The van der Waals surface area contributed by atoms with Crippen molar-refractivity contribution < 1.29 is 4.79 Å². The normalized spacial score (nSPS) is 15.7. The number of hydrogen-bond donors (Lipinski definition) is 1. The molecular formula is C21H25Cl2N3O. The third kappa shape index (κ3) is 5.69. The van der Waals surface area contributed by atoms with Gasteiger partial charge in [-0.2, -0.15) is 0 Å². The Hall–Kier alpha value is -1.59. The number of benzene rings is 2. The summed E-state index contributed by atoms with van der Waals surface area (Å²) >= 11 is 12.2. The average molecular weight is 406 g/mol. The van der Waals surface area contributed by atoms with Gasteiger partial charge in [0.05, 0.1) is 6.54 Å². The summed E-state index contributed by atoms with van der Waals surface area (Å²) in [6.07, 6.45) is 0. The van der Waals surface area contributed by atoms with Crippen LogP contribution in [0.1, 0.15) is 16.7 Å². The third-order valence-electron chi connectivity index (χ3n) is 4.91. The molecule has 0 bridgehead atoms. The van der Waals surface area contributed by atoms with Crippen LogP contribution in [-0.2, 0) is 11.3 Å². The van der Waals surface area contributed by atoms with Crippen molar-refractivity contribution in [1.29, 1.82) is 0 Å². The average Bonchev–Trinajstić information content (AvgIpc) is 2.62. The van der Waals surface area contributed by atoms with Crippen molar-refractivity contribution >= 4 is 34.8 Å². The van der Waals surface area contributed by atoms with Crippen LogP contribution in [0.4, 0.5) is 5.69 Å². The van der Waals surface area contributed by atoms with E-state index in [1.54, 1.807) is 6.07 Å². The Balaban J connectivity index is 1.47. The van der Waals surface area contributed by atoms with Gasteiger partial charge in [-0.3, -0.25) is 14.6 Å². The van der Waals surface area contributed by atoms with Gasteiger partial charge in [0, 0.05) is 48.5 Å². The van der Waals surface area contributed by atoms with Crippen LogP contribution in [0.3, 0.4) is 0 Å². The fourth-order valence-corrected chi connectivity index (χ4v) is 3.73. The van der Waals surface area contributed by atoms with Crippen molar-refractivity contribution in [2.45, 2.75) is 20.4 Å². The molecule has 0 unspecified atom stereocenters. The van der Waals surface area contributed by atoms with E-state index in [4.69, 9.17) is 23.2 Å². The molecule has 27 heavy (non-hydrogen) atoms. The molecular weight excluding hydrogens is 381 g/mol. The predicted octanol–water partition coefficient (Wildman–Crippen LogP) is 4.37. The molecule has 0 radical (unpaired) electrons. The summed E-state index contributed by atoms with van der Waals surface area (Å²) in [4.78, 5) is 16.9. The van der Waals surface area contributed by atoms with E-state index in [0.29, 0.717) is 16.6 Å². The number of anilines is 1. The van der Waals surface area contributed by atoms with Gasteiger partial charge in [0.1, 0.15) is 0 Å². The zero-order valence-electron chi connectivity index (χ0n) is 15.8. The first-order valence-electron chi connectivity index (χ1n) is 9.16. The number of carbonyl (C=O) groups is 1. The maximum Gasteiger partial charge on any atom is 0.238 e. The van der Waals surface area contributed by atoms with Gasteiger partial charge in [0.15, 0.2) is 0 Å². The molecule has 1 aliphatic heterocycles. The second kappa shape index (κ2) is 9.07. The second-order valence-corrected chi connectivity index (χ2v) is 8.00. The summed E-state index contributed by atoms with van der Waals surface area (Å²) in [5, 5.41) is 4.40. The Kier molecular flexibility index (Phi) is 6.77. The number of aryl methyl sites for hydroxylation is 2. The molecule has 0 aliphatic carbocycles. The van der Waals surface area contributed by atoms with Crippen LogP contribution < -0.4 is 5.32 Å². The minimum atomic E-state index is 0.0397. The molecule has 1 amide bonds. The van der Waals surface area contributed by atoms with E-state index in [1.165, 1.54) is 0 Å². The number of rotatable bonds is 5. The van der Waals surface area contributed by atoms with Gasteiger partial charge in [-0.25, -0.2) is 0 Å². The maximum atomic E-state index is 12.4. The monoisotopic (exact) mass is 405 g/mol. The standard InChI is InChI=1S/C21H25Cl2N3O/c1-15-3-4-16(2)20(11-15)24-21(27)14-26-9-7-25(8-10-26)13-17-5-6-18(22)12-19(17)23/h3-6,11-12H,7-10,13-14H2,1-2H3,(H,24,27). The van der Waals surface area contributed by atoms with Crippen LogP contribution in [0.15, 0.2) is 36.4 Å². The molecule has 4 nitrogen and oxygen atoms in total. The number of amides is 1. The third-order valence-corrected chi connectivity index (χ3v) is 5.50. The fourth-order valence-electron chi connectivity index (χ4n) is 3.26. The lowest BCUT2D eigenvalue weighted by Gasteiger charge is -2.34. The molecule has 2 aromatic carbocycles. The van der Waals surface area contributed by atoms with Crippen LogP contribution >= 0.6 is 23.2 Å². The first kappa shape index (κ1) is 20.2. The van der Waals surface area contributed by atoms with E-state index in [9.17, 15) is 4.79 Å². The number of nitrogens with one attached hydrogen (secondary N) is 1. The molecule has 2 aromatic rings. The molecule has 1 saturated heterocycles. The second-order valence-electron chi connectivity index (χ2n) is 7.15. The highest BCUT2D eigenvalue weighted by Crippen LogP contribution is 2.23. The van der Waals surface area contributed by atoms with Crippen molar-refractivity contribution in [2.75, 3.05) is 38.0 Å². The maximum absolute atomic E-state index is 12.4. The molecule has 1 heterocycles. The van der Waals surface area contributed by atoms with Gasteiger partial charge in [0.25, 0.3) is 0 Å². The number of nitrogens with zero attached hydrogens (tertiary/aromatic N) is 2. The van der Waals surface area contributed by atoms with Gasteiger partial charge >= 0.3 is 0 Å². The van der Waals surface area contributed by atoms with Gasteiger partial charge in [-0.15, -0.1) is 0 Å². The van der Waals surface area contributed by atoms with Crippen LogP contribution in [0, 0.1) is 13.8 Å². The Morgan fingerprint density at radius 3 is 2.41 bits per heavy atom. The van der Waals surface area contributed by atoms with E-state index in [1.807, 2.05) is 38.1 Å². The summed E-state index contributed by atoms with van der Waals surface area (Å²) < 4.78 is 0. The summed E-state index contributed by atoms with van der Waals surface area (Å²) in [6.45, 7) is 8.82. The summed E-state index contributed by atoms with van der Waals surface area (Å²) in [5.41, 5.74) is 4.21. The number of piperazine rings is 1. The SMILES string of the molecule is Cc1ccc(C)c(NC(=O)CN2CCN(Cc3ccc(Cl)cc3Cl)CC2)c1. The highest BCUT2D eigenvalue weighted by atomic mass is 35.5. The minimum absolute atomic E-state index is 0.0397. The lowest BCUT2D eigenvalue weighted by Crippen LogP contribution is -2.48. The lowest BCUT2D eigenvalue weighted by atomic mass is 10.1. The highest BCUT2D eigenvalue weighted by molar-refractivity contribution is 6.35. The van der Waals surface area contributed by atoms with Crippen molar-refractivity contribution in [3.8, 4) is 0 Å². The number of carbonyl (C=O) groups excluding carboxylic acids is 1. The van der Waals surface area contributed by atoms with Gasteiger partial charge in [-0.1, -0.05) is 41.4 Å². The van der Waals surface area contributed by atoms with Gasteiger partial charge < -0.3 is 5.32 Å². The molecule has 1 fully saturated rings. The van der Waals surface area contributed by atoms with Crippen LogP contribution in [-0.4, -0.2) is 48.4 Å². The summed E-state index contributed by atoms with van der Waals surface area (Å²) in [5.74, 6) is 0.0397. The largest absolute Gasteiger partial charge is 0.325 e. The number of hydrogen-bond acceptors (Lipinski definition) is 3. The smallest absolute Gasteiger partial charge is 0.238 e. The Labute approximate surface area is 171 Å². The van der Waals surface area contributed by atoms with E-state index < -0.39 is 0 Å². The fraction of sp³-hybridized carbons (Fsp3) is 0.381. The molecule has 144 valence electrons. The molecule has 0 aromatic heterocycles. The Morgan fingerprint density at radius 2 is 1.70 bits per heavy atom. The molecule has 1 aliphatic rings. The zero-order chi connectivity index (χ0) is 19.4. The molecule has 6 heteroatoms. The topological polar surface area (TPSA) is 35.6 Å². The van der Waals surface area contributed by atoms with E-state index in [-0.39, 0.29) is 5.91 Å². The van der Waals surface area contributed by atoms with Crippen molar-refractivity contribution in [1.82, 2.24) is 9.80 Å². The number of halogens is 2. The zero-order valence-corrected chi connectivity index (χ0v) is 17.3. The predicted molar refractivity (Wildman–Crippen MR) is 113 cm³/mol. The Bertz CT molecular complexity index is 817. The first-order valence-corrected chi connectivity index (χ1v) is 9.92. The van der Waals surface area contributed by atoms with Crippen molar-refractivity contribution in [3.05, 3.63) is 63.1 Å². The minimum Gasteiger partial charge on any atom is -0.325 e. The van der Waals surface area contributed by atoms with Gasteiger partial charge in [-0.05, 0) is 48.7 Å². The molecule has 0 saturated carbocycles. The highest BCUT2D eigenvalue weighted by Gasteiger charge is 2.20. The van der Waals surface area contributed by atoms with Crippen LogP contribution in [0.25, 0.3) is 0 Å². The summed E-state index contributed by atoms with van der Waals surface area (Å²) in [6, 6.07) is 11.7. The van der Waals surface area contributed by atoms with E-state index >= 15 is 0 Å². The van der Waals surface area contributed by atoms with Gasteiger partial charge in [0.2, 0.25) is 5.91 Å². The van der Waals surface area contributed by atoms with E-state index in [0.717, 1.165) is 55.1 Å². The van der Waals surface area contributed by atoms with Crippen molar-refractivity contribution in [3.63, 3.8) is 0 Å². The van der Waals surface area contributed by atoms with Crippen LogP contribution in [0.5, 0.6) is 0 Å². The quantitative estimate of drug-likeness (QED) is 0.801. The summed E-state index contributed by atoms with van der Waals surface area (Å²) in [7, 11) is 0. The van der Waals surface area contributed by atoms with Crippen molar-refractivity contribution in [2.24, 2.45) is 0 Å². The molecule has 1 N–H and O–H groups in total. The van der Waals surface area contributed by atoms with E-state index in [2.05, 4.69) is 21.2 Å². The van der Waals surface area contributed by atoms with Crippen LogP contribution in [0.2, 0.25) is 10.0 Å². The molecule has 0 spiro atoms.